The van der Waals surface area contributed by atoms with Gasteiger partial charge in [-0.15, -0.1) is 24.0 Å². The molecule has 5 heteroatoms. The molecule has 2 N–H and O–H groups in total. The Morgan fingerprint density at radius 3 is 2.35 bits per heavy atom. The first-order chi connectivity index (χ1) is 9.10. The smallest absolute Gasteiger partial charge is 0.191 e. The molecule has 0 radical (unpaired) electrons. The van der Waals surface area contributed by atoms with Gasteiger partial charge in [-0.25, -0.2) is 0 Å². The Kier molecular flexibility index (Phi) is 17.8. The standard InChI is InChI=1S/C15H33N3S.HI/c1-13(2)9-8-10-14(3)18-15(16-4)17-11-6-7-12-19-5;/h13-14H,6-12H2,1-5H3,(H2,16,17,18);1H. The fraction of sp³-hybridized carbons (Fsp3) is 0.933. The summed E-state index contributed by atoms with van der Waals surface area (Å²) in [7, 11) is 1.85. The van der Waals surface area contributed by atoms with Gasteiger partial charge in [0.2, 0.25) is 0 Å². The van der Waals surface area contributed by atoms with Gasteiger partial charge in [-0.3, -0.25) is 4.99 Å². The summed E-state index contributed by atoms with van der Waals surface area (Å²) in [4.78, 5) is 4.28. The average molecular weight is 415 g/mol. The summed E-state index contributed by atoms with van der Waals surface area (Å²) in [6.07, 6.45) is 8.46. The molecule has 0 fully saturated rings. The van der Waals surface area contributed by atoms with Crippen LogP contribution in [0.1, 0.15) is 52.9 Å². The second-order valence-electron chi connectivity index (χ2n) is 5.57. The fourth-order valence-corrected chi connectivity index (χ4v) is 2.40. The minimum atomic E-state index is 0. The number of guanidine groups is 1. The topological polar surface area (TPSA) is 36.4 Å². The molecular weight excluding hydrogens is 381 g/mol. The van der Waals surface area contributed by atoms with Crippen LogP contribution in [0.3, 0.4) is 0 Å². The third-order valence-corrected chi connectivity index (χ3v) is 3.79. The Hall–Kier alpha value is 0.350. The highest BCUT2D eigenvalue weighted by atomic mass is 127. The van der Waals surface area contributed by atoms with E-state index in [2.05, 4.69) is 42.7 Å². The summed E-state index contributed by atoms with van der Waals surface area (Å²) in [5, 5.41) is 6.85. The first-order valence-electron chi connectivity index (χ1n) is 7.56. The summed E-state index contributed by atoms with van der Waals surface area (Å²) in [6, 6.07) is 0.496. The average Bonchev–Trinajstić information content (AvgIpc) is 2.36. The minimum absolute atomic E-state index is 0. The van der Waals surface area contributed by atoms with Crippen molar-refractivity contribution in [3.05, 3.63) is 0 Å². The third kappa shape index (κ3) is 14.8. The lowest BCUT2D eigenvalue weighted by Gasteiger charge is -2.18. The molecule has 0 rings (SSSR count). The van der Waals surface area contributed by atoms with Gasteiger partial charge < -0.3 is 10.6 Å². The zero-order valence-corrected chi connectivity index (χ0v) is 17.0. The van der Waals surface area contributed by atoms with Gasteiger partial charge in [-0.05, 0) is 44.1 Å². The van der Waals surface area contributed by atoms with Crippen LogP contribution < -0.4 is 10.6 Å². The maximum absolute atomic E-state index is 4.28. The van der Waals surface area contributed by atoms with Crippen LogP contribution in [0.25, 0.3) is 0 Å². The Morgan fingerprint density at radius 1 is 1.10 bits per heavy atom. The highest BCUT2D eigenvalue weighted by Gasteiger charge is 2.05. The number of nitrogens with one attached hydrogen (secondary N) is 2. The van der Waals surface area contributed by atoms with E-state index in [1.54, 1.807) is 0 Å². The first kappa shape index (κ1) is 22.6. The van der Waals surface area contributed by atoms with Gasteiger partial charge in [0.25, 0.3) is 0 Å². The summed E-state index contributed by atoms with van der Waals surface area (Å²) in [5.41, 5.74) is 0. The molecule has 122 valence electrons. The first-order valence-corrected chi connectivity index (χ1v) is 8.95. The highest BCUT2D eigenvalue weighted by molar-refractivity contribution is 14.0. The molecule has 0 amide bonds. The Morgan fingerprint density at radius 2 is 1.80 bits per heavy atom. The van der Waals surface area contributed by atoms with Crippen LogP contribution in [-0.4, -0.2) is 37.6 Å². The molecule has 0 aliphatic carbocycles. The summed E-state index contributed by atoms with van der Waals surface area (Å²) >= 11 is 1.91. The van der Waals surface area contributed by atoms with E-state index in [0.717, 1.165) is 18.4 Å². The van der Waals surface area contributed by atoms with Gasteiger partial charge in [0.05, 0.1) is 0 Å². The molecule has 0 aliphatic heterocycles. The van der Waals surface area contributed by atoms with E-state index in [0.29, 0.717) is 6.04 Å². The molecule has 0 aromatic carbocycles. The number of thioether (sulfide) groups is 1. The van der Waals surface area contributed by atoms with Crippen LogP contribution in [0.2, 0.25) is 0 Å². The van der Waals surface area contributed by atoms with Gasteiger partial charge >= 0.3 is 0 Å². The molecule has 0 aromatic heterocycles. The molecule has 0 saturated heterocycles. The third-order valence-electron chi connectivity index (χ3n) is 3.09. The van der Waals surface area contributed by atoms with Crippen LogP contribution in [-0.2, 0) is 0 Å². The van der Waals surface area contributed by atoms with E-state index < -0.39 is 0 Å². The Balaban J connectivity index is 0. The predicted molar refractivity (Wildman–Crippen MR) is 106 cm³/mol. The number of halogens is 1. The molecule has 3 nitrogen and oxygen atoms in total. The zero-order valence-electron chi connectivity index (χ0n) is 13.9. The predicted octanol–water partition coefficient (Wildman–Crippen LogP) is 4.13. The van der Waals surface area contributed by atoms with Crippen LogP contribution in [0.15, 0.2) is 4.99 Å². The van der Waals surface area contributed by atoms with Crippen LogP contribution >= 0.6 is 35.7 Å². The molecule has 1 atom stereocenters. The molecule has 0 aliphatic rings. The van der Waals surface area contributed by atoms with Crippen LogP contribution in [0, 0.1) is 5.92 Å². The molecule has 0 bridgehead atoms. The second-order valence-corrected chi connectivity index (χ2v) is 6.55. The number of unbranched alkanes of at least 4 members (excludes halogenated alkanes) is 1. The van der Waals surface area contributed by atoms with Crippen molar-refractivity contribution in [1.29, 1.82) is 0 Å². The second kappa shape index (κ2) is 15.7. The monoisotopic (exact) mass is 415 g/mol. The van der Waals surface area contributed by atoms with Crippen molar-refractivity contribution in [3.8, 4) is 0 Å². The SMILES string of the molecule is CN=C(NCCCCSC)NC(C)CCCC(C)C.I. The Bertz CT molecular complexity index is 235. The lowest BCUT2D eigenvalue weighted by molar-refractivity contribution is 0.491. The van der Waals surface area contributed by atoms with Crippen LogP contribution in [0.4, 0.5) is 0 Å². The maximum Gasteiger partial charge on any atom is 0.191 e. The maximum atomic E-state index is 4.28. The van der Waals surface area contributed by atoms with Gasteiger partial charge in [-0.1, -0.05) is 26.7 Å². The molecule has 20 heavy (non-hydrogen) atoms. The number of rotatable bonds is 10. The lowest BCUT2D eigenvalue weighted by Crippen LogP contribution is -2.42. The summed E-state index contributed by atoms with van der Waals surface area (Å²) in [6.45, 7) is 7.82. The van der Waals surface area contributed by atoms with Gasteiger partial charge in [0, 0.05) is 19.6 Å². The number of hydrogen-bond acceptors (Lipinski definition) is 2. The van der Waals surface area contributed by atoms with Crippen LogP contribution in [0.5, 0.6) is 0 Å². The van der Waals surface area contributed by atoms with Crippen molar-refractivity contribution in [1.82, 2.24) is 10.6 Å². The van der Waals surface area contributed by atoms with Crippen molar-refractivity contribution in [2.24, 2.45) is 10.9 Å². The van der Waals surface area contributed by atoms with E-state index >= 15 is 0 Å². The highest BCUT2D eigenvalue weighted by Crippen LogP contribution is 2.08. The molecular formula is C15H34IN3S. The summed E-state index contributed by atoms with van der Waals surface area (Å²) in [5.74, 6) is 3.00. The van der Waals surface area contributed by atoms with Crippen molar-refractivity contribution in [3.63, 3.8) is 0 Å². The molecule has 1 unspecified atom stereocenters. The van der Waals surface area contributed by atoms with Crippen molar-refractivity contribution >= 4 is 41.7 Å². The normalized spacial score (nSPS) is 13.0. The number of aliphatic imine (C=N–C) groups is 1. The van der Waals surface area contributed by atoms with Crippen molar-refractivity contribution in [2.75, 3.05) is 25.6 Å². The van der Waals surface area contributed by atoms with E-state index in [4.69, 9.17) is 0 Å². The zero-order chi connectivity index (χ0) is 14.5. The number of nitrogens with zero attached hydrogens (tertiary/aromatic N) is 1. The fourth-order valence-electron chi connectivity index (χ4n) is 1.91. The van der Waals surface area contributed by atoms with Crippen molar-refractivity contribution < 1.29 is 0 Å². The largest absolute Gasteiger partial charge is 0.356 e. The minimum Gasteiger partial charge on any atom is -0.356 e. The van der Waals surface area contributed by atoms with E-state index in [1.165, 1.54) is 37.9 Å². The van der Waals surface area contributed by atoms with Gasteiger partial charge in [-0.2, -0.15) is 11.8 Å². The molecule has 0 spiro atoms. The van der Waals surface area contributed by atoms with Gasteiger partial charge in [0.15, 0.2) is 5.96 Å². The van der Waals surface area contributed by atoms with Crippen molar-refractivity contribution in [2.45, 2.75) is 58.9 Å². The number of hydrogen-bond donors (Lipinski definition) is 2. The lowest BCUT2D eigenvalue weighted by atomic mass is 10.0. The molecule has 0 heterocycles. The van der Waals surface area contributed by atoms with E-state index in [9.17, 15) is 0 Å². The summed E-state index contributed by atoms with van der Waals surface area (Å²) < 4.78 is 0. The van der Waals surface area contributed by atoms with Gasteiger partial charge in [0.1, 0.15) is 0 Å². The molecule has 0 saturated carbocycles. The van der Waals surface area contributed by atoms with E-state index in [1.807, 2.05) is 18.8 Å². The Labute approximate surface area is 147 Å². The quantitative estimate of drug-likeness (QED) is 0.244. The molecule has 0 aromatic rings. The van der Waals surface area contributed by atoms with E-state index in [-0.39, 0.29) is 24.0 Å².